The van der Waals surface area contributed by atoms with Gasteiger partial charge in [0.15, 0.2) is 0 Å². The number of fused-ring (bicyclic) bond motifs is 1. The highest BCUT2D eigenvalue weighted by atomic mass is 16.2. The molecule has 1 aliphatic rings. The predicted octanol–water partition coefficient (Wildman–Crippen LogP) is 3.57. The lowest BCUT2D eigenvalue weighted by Gasteiger charge is -2.20. The number of nitrogens with zero attached hydrogens (tertiary/aromatic N) is 1. The van der Waals surface area contributed by atoms with E-state index in [-0.39, 0.29) is 5.92 Å². The van der Waals surface area contributed by atoms with Crippen molar-refractivity contribution >= 4 is 11.7 Å². The number of nitrogens with two attached hydrogens (primary N) is 1. The van der Waals surface area contributed by atoms with E-state index < -0.39 is 6.03 Å². The Morgan fingerprint density at radius 2 is 1.78 bits per heavy atom. The Hall–Kier alpha value is -2.62. The molecule has 23 heavy (non-hydrogen) atoms. The number of amides is 2. The summed E-state index contributed by atoms with van der Waals surface area (Å²) in [6.45, 7) is 0. The molecule has 1 atom stereocenters. The number of hydrogen-bond donors (Lipinski definition) is 2. The first-order valence-electron chi connectivity index (χ1n) is 8.02. The van der Waals surface area contributed by atoms with Crippen molar-refractivity contribution in [2.24, 2.45) is 10.8 Å². The molecule has 118 valence electrons. The predicted molar refractivity (Wildman–Crippen MR) is 92.4 cm³/mol. The number of hydrogen-bond acceptors (Lipinski definition) is 2. The Balaban J connectivity index is 2.06. The first-order chi connectivity index (χ1) is 11.3. The van der Waals surface area contributed by atoms with E-state index >= 15 is 0 Å². The Labute approximate surface area is 136 Å². The van der Waals surface area contributed by atoms with Crippen LogP contribution < -0.4 is 11.2 Å². The van der Waals surface area contributed by atoms with Crippen molar-refractivity contribution < 1.29 is 4.79 Å². The molecule has 0 bridgehead atoms. The summed E-state index contributed by atoms with van der Waals surface area (Å²) < 4.78 is 0. The Morgan fingerprint density at radius 3 is 2.57 bits per heavy atom. The molecule has 2 amide bonds. The van der Waals surface area contributed by atoms with E-state index in [2.05, 4.69) is 34.8 Å². The van der Waals surface area contributed by atoms with Crippen LogP contribution in [0.1, 0.15) is 41.9 Å². The molecule has 2 aromatic carbocycles. The van der Waals surface area contributed by atoms with E-state index in [0.29, 0.717) is 0 Å². The maximum absolute atomic E-state index is 11.1. The minimum absolute atomic E-state index is 0.169. The Bertz CT molecular complexity index is 710. The molecule has 0 spiro atoms. The second-order valence-corrected chi connectivity index (χ2v) is 5.84. The zero-order chi connectivity index (χ0) is 16.1. The van der Waals surface area contributed by atoms with Crippen LogP contribution in [0.25, 0.3) is 0 Å². The van der Waals surface area contributed by atoms with E-state index in [1.807, 2.05) is 30.3 Å². The van der Waals surface area contributed by atoms with E-state index in [0.717, 1.165) is 30.5 Å². The van der Waals surface area contributed by atoms with Gasteiger partial charge in [0.1, 0.15) is 0 Å². The summed E-state index contributed by atoms with van der Waals surface area (Å²) >= 11 is 0. The zero-order valence-corrected chi connectivity index (χ0v) is 13.0. The van der Waals surface area contributed by atoms with Crippen LogP contribution >= 0.6 is 0 Å². The van der Waals surface area contributed by atoms with Crippen molar-refractivity contribution in [3.8, 4) is 0 Å². The van der Waals surface area contributed by atoms with Crippen molar-refractivity contribution in [3.63, 3.8) is 0 Å². The minimum Gasteiger partial charge on any atom is -0.350 e. The molecule has 0 aliphatic heterocycles. The van der Waals surface area contributed by atoms with Crippen molar-refractivity contribution in [1.29, 1.82) is 0 Å². The normalized spacial score (nSPS) is 17.9. The van der Waals surface area contributed by atoms with Crippen molar-refractivity contribution in [1.82, 2.24) is 5.43 Å². The summed E-state index contributed by atoms with van der Waals surface area (Å²) in [5.74, 6) is 0.169. The Morgan fingerprint density at radius 1 is 1.04 bits per heavy atom. The lowest BCUT2D eigenvalue weighted by atomic mass is 9.85. The van der Waals surface area contributed by atoms with Gasteiger partial charge in [0.25, 0.3) is 0 Å². The lowest BCUT2D eigenvalue weighted by Crippen LogP contribution is -2.27. The van der Waals surface area contributed by atoms with Gasteiger partial charge in [0.05, 0.1) is 5.71 Å². The van der Waals surface area contributed by atoms with Crippen molar-refractivity contribution in [3.05, 3.63) is 71.3 Å². The highest BCUT2D eigenvalue weighted by Crippen LogP contribution is 2.33. The number of carbonyl (C=O) groups excluding carboxylic acids is 1. The molecule has 1 unspecified atom stereocenters. The molecular formula is C19H21N3O. The van der Waals surface area contributed by atoms with Crippen LogP contribution in [0, 0.1) is 0 Å². The van der Waals surface area contributed by atoms with Crippen molar-refractivity contribution in [2.45, 2.75) is 31.6 Å². The average Bonchev–Trinajstić information content (AvgIpc) is 2.79. The van der Waals surface area contributed by atoms with Crippen LogP contribution in [-0.2, 0) is 6.42 Å². The molecule has 0 radical (unpaired) electrons. The average molecular weight is 307 g/mol. The lowest BCUT2D eigenvalue weighted by molar-refractivity contribution is 0.249. The van der Waals surface area contributed by atoms with Crippen LogP contribution in [0.4, 0.5) is 4.79 Å². The zero-order valence-electron chi connectivity index (χ0n) is 13.0. The van der Waals surface area contributed by atoms with Gasteiger partial charge in [-0.25, -0.2) is 10.2 Å². The number of rotatable bonds is 3. The largest absolute Gasteiger partial charge is 0.350 e. The molecule has 2 aromatic rings. The molecular weight excluding hydrogens is 286 g/mol. The van der Waals surface area contributed by atoms with Crippen LogP contribution in [0.3, 0.4) is 0 Å². The van der Waals surface area contributed by atoms with E-state index in [1.165, 1.54) is 17.5 Å². The van der Waals surface area contributed by atoms with Gasteiger partial charge in [-0.2, -0.15) is 5.10 Å². The Kier molecular flexibility index (Phi) is 4.71. The second kappa shape index (κ2) is 7.09. The summed E-state index contributed by atoms with van der Waals surface area (Å²) in [5, 5.41) is 4.35. The fourth-order valence-corrected chi connectivity index (χ4v) is 3.27. The van der Waals surface area contributed by atoms with Crippen LogP contribution in [0.2, 0.25) is 0 Å². The fourth-order valence-electron chi connectivity index (χ4n) is 3.27. The molecule has 0 saturated carbocycles. The molecule has 3 N–H and O–H groups in total. The topological polar surface area (TPSA) is 67.5 Å². The van der Waals surface area contributed by atoms with Gasteiger partial charge < -0.3 is 5.73 Å². The van der Waals surface area contributed by atoms with Crippen LogP contribution in [0.5, 0.6) is 0 Å². The van der Waals surface area contributed by atoms with E-state index in [9.17, 15) is 4.79 Å². The summed E-state index contributed by atoms with van der Waals surface area (Å²) in [5.41, 5.74) is 12.2. The third kappa shape index (κ3) is 3.59. The standard InChI is InChI=1S/C19H21N3O/c20-19(23)22-21-18(15-10-2-1-3-11-15)17-13-7-5-9-14-8-4-6-12-16(14)17/h1-4,6,8,10-12,17H,5,7,9,13H2,(H3,20,22,23)/b21-18+. The highest BCUT2D eigenvalue weighted by Gasteiger charge is 2.24. The molecule has 4 heteroatoms. The third-order valence-corrected chi connectivity index (χ3v) is 4.31. The summed E-state index contributed by atoms with van der Waals surface area (Å²) in [7, 11) is 0. The molecule has 1 aliphatic carbocycles. The van der Waals surface area contributed by atoms with Crippen LogP contribution in [-0.4, -0.2) is 11.7 Å². The van der Waals surface area contributed by atoms with Gasteiger partial charge in [-0.15, -0.1) is 0 Å². The number of hydrazone groups is 1. The number of primary amides is 1. The number of aryl methyl sites for hydroxylation is 1. The maximum atomic E-state index is 11.1. The van der Waals surface area contributed by atoms with Gasteiger partial charge >= 0.3 is 6.03 Å². The molecule has 4 nitrogen and oxygen atoms in total. The summed E-state index contributed by atoms with van der Waals surface area (Å²) in [6, 6.07) is 17.9. The number of urea groups is 1. The first kappa shape index (κ1) is 15.3. The monoisotopic (exact) mass is 307 g/mol. The molecule has 0 saturated heterocycles. The first-order valence-corrected chi connectivity index (χ1v) is 8.02. The van der Waals surface area contributed by atoms with E-state index in [1.54, 1.807) is 0 Å². The quantitative estimate of drug-likeness (QED) is 0.508. The summed E-state index contributed by atoms with van der Waals surface area (Å²) in [6.07, 6.45) is 4.43. The minimum atomic E-state index is -0.639. The highest BCUT2D eigenvalue weighted by molar-refractivity contribution is 6.05. The smallest absolute Gasteiger partial charge is 0.332 e. The van der Waals surface area contributed by atoms with Crippen LogP contribution in [0.15, 0.2) is 59.7 Å². The van der Waals surface area contributed by atoms with Gasteiger partial charge in [0, 0.05) is 5.92 Å². The van der Waals surface area contributed by atoms with Gasteiger partial charge in [-0.1, -0.05) is 61.0 Å². The molecule has 3 rings (SSSR count). The van der Waals surface area contributed by atoms with E-state index in [4.69, 9.17) is 5.73 Å². The van der Waals surface area contributed by atoms with Gasteiger partial charge in [-0.05, 0) is 36.0 Å². The van der Waals surface area contributed by atoms with Gasteiger partial charge in [0.2, 0.25) is 0 Å². The molecule has 0 aromatic heterocycles. The summed E-state index contributed by atoms with van der Waals surface area (Å²) in [4.78, 5) is 11.1. The third-order valence-electron chi connectivity index (χ3n) is 4.31. The SMILES string of the molecule is NC(=O)N/N=C(\c1ccccc1)C1CCCCc2ccccc21. The van der Waals surface area contributed by atoms with Gasteiger partial charge in [-0.3, -0.25) is 0 Å². The van der Waals surface area contributed by atoms with Crippen molar-refractivity contribution in [2.75, 3.05) is 0 Å². The number of benzene rings is 2. The maximum Gasteiger partial charge on any atom is 0.332 e. The number of carbonyl (C=O) groups is 1. The second-order valence-electron chi connectivity index (χ2n) is 5.84. The fraction of sp³-hybridized carbons (Fsp3) is 0.263. The molecule has 0 heterocycles. The molecule has 0 fully saturated rings. The number of nitrogens with one attached hydrogen (secondary N) is 1.